The molecule has 2 aromatic carbocycles. The van der Waals surface area contributed by atoms with Crippen molar-refractivity contribution in [1.29, 1.82) is 0 Å². The third-order valence-electron chi connectivity index (χ3n) is 5.05. The van der Waals surface area contributed by atoms with Gasteiger partial charge in [0.1, 0.15) is 5.75 Å². The largest absolute Gasteiger partial charge is 0.494 e. The predicted molar refractivity (Wildman–Crippen MR) is 121 cm³/mol. The van der Waals surface area contributed by atoms with Crippen molar-refractivity contribution in [2.45, 2.75) is 45.6 Å². The van der Waals surface area contributed by atoms with Crippen LogP contribution in [0.25, 0.3) is 0 Å². The van der Waals surface area contributed by atoms with Gasteiger partial charge in [-0.15, -0.1) is 11.3 Å². The summed E-state index contributed by atoms with van der Waals surface area (Å²) in [5, 5.41) is 12.4. The molecule has 3 aromatic rings. The lowest BCUT2D eigenvalue weighted by molar-refractivity contribution is 0.199. The van der Waals surface area contributed by atoms with E-state index in [9.17, 15) is 5.11 Å². The van der Waals surface area contributed by atoms with E-state index in [4.69, 9.17) is 10.5 Å². The number of anilines is 1. The van der Waals surface area contributed by atoms with Crippen molar-refractivity contribution in [1.82, 2.24) is 4.98 Å². The van der Waals surface area contributed by atoms with Gasteiger partial charge in [-0.05, 0) is 54.5 Å². The van der Waals surface area contributed by atoms with Gasteiger partial charge in [0.15, 0.2) is 5.13 Å². The average molecular weight is 411 g/mol. The number of aliphatic hydroxyl groups is 1. The molecule has 1 heterocycles. The summed E-state index contributed by atoms with van der Waals surface area (Å²) in [5.74, 6) is 1.65. The van der Waals surface area contributed by atoms with Gasteiger partial charge in [-0.1, -0.05) is 50.2 Å². The molecule has 0 aliphatic carbocycles. The van der Waals surface area contributed by atoms with Gasteiger partial charge in [0, 0.05) is 11.3 Å². The second kappa shape index (κ2) is 9.90. The zero-order valence-corrected chi connectivity index (χ0v) is 18.2. The van der Waals surface area contributed by atoms with Gasteiger partial charge in [-0.25, -0.2) is 4.98 Å². The Morgan fingerprint density at radius 2 is 1.66 bits per heavy atom. The Morgan fingerprint density at radius 1 is 1.00 bits per heavy atom. The maximum Gasteiger partial charge on any atom is 0.180 e. The molecule has 2 atom stereocenters. The van der Waals surface area contributed by atoms with E-state index in [1.165, 1.54) is 22.5 Å². The van der Waals surface area contributed by atoms with Gasteiger partial charge >= 0.3 is 0 Å². The lowest BCUT2D eigenvalue weighted by Gasteiger charge is -2.17. The van der Waals surface area contributed by atoms with Crippen LogP contribution < -0.4 is 10.5 Å². The number of thiazole rings is 1. The molecule has 29 heavy (non-hydrogen) atoms. The molecule has 3 rings (SSSR count). The van der Waals surface area contributed by atoms with Crippen molar-refractivity contribution in [3.63, 3.8) is 0 Å². The molecule has 0 amide bonds. The summed E-state index contributed by atoms with van der Waals surface area (Å²) in [7, 11) is 0. The Morgan fingerprint density at radius 3 is 2.21 bits per heavy atom. The van der Waals surface area contributed by atoms with Crippen LogP contribution >= 0.6 is 11.3 Å². The molecule has 0 saturated heterocycles. The van der Waals surface area contributed by atoms with E-state index in [2.05, 4.69) is 43.1 Å². The Bertz CT molecular complexity index is 886. The SMILES string of the molecule is CC(C)CCOc1ccc(C(Cc2ccc(C(C)O)cc2)c2csc(N)n2)cc1. The fourth-order valence-electron chi connectivity index (χ4n) is 3.23. The molecule has 0 fully saturated rings. The molecule has 0 saturated carbocycles. The van der Waals surface area contributed by atoms with Crippen LogP contribution in [0.15, 0.2) is 53.9 Å². The zero-order chi connectivity index (χ0) is 20.8. The number of benzene rings is 2. The van der Waals surface area contributed by atoms with Crippen LogP contribution in [0.2, 0.25) is 0 Å². The van der Waals surface area contributed by atoms with Crippen LogP contribution in [-0.2, 0) is 6.42 Å². The molecule has 0 spiro atoms. The first-order chi connectivity index (χ1) is 13.9. The number of hydrogen-bond donors (Lipinski definition) is 2. The highest BCUT2D eigenvalue weighted by Crippen LogP contribution is 2.31. The predicted octanol–water partition coefficient (Wildman–Crippen LogP) is 5.58. The summed E-state index contributed by atoms with van der Waals surface area (Å²) in [6, 6.07) is 16.4. The van der Waals surface area contributed by atoms with Crippen LogP contribution in [-0.4, -0.2) is 16.7 Å². The van der Waals surface area contributed by atoms with E-state index in [1.54, 1.807) is 6.92 Å². The molecular formula is C24H30N2O2S. The molecule has 154 valence electrons. The van der Waals surface area contributed by atoms with Crippen LogP contribution in [0.3, 0.4) is 0 Å². The van der Waals surface area contributed by atoms with Crippen molar-refractivity contribution in [3.8, 4) is 5.75 Å². The van der Waals surface area contributed by atoms with E-state index in [1.807, 2.05) is 29.6 Å². The Balaban J connectivity index is 1.78. The molecule has 1 aromatic heterocycles. The van der Waals surface area contributed by atoms with E-state index < -0.39 is 6.10 Å². The zero-order valence-electron chi connectivity index (χ0n) is 17.3. The van der Waals surface area contributed by atoms with Crippen LogP contribution in [0.1, 0.15) is 61.6 Å². The van der Waals surface area contributed by atoms with Crippen LogP contribution in [0.5, 0.6) is 5.75 Å². The van der Waals surface area contributed by atoms with E-state index >= 15 is 0 Å². The number of nitrogen functional groups attached to an aromatic ring is 1. The Kier molecular flexibility index (Phi) is 7.29. The van der Waals surface area contributed by atoms with Gasteiger partial charge in [0.2, 0.25) is 0 Å². The fraction of sp³-hybridized carbons (Fsp3) is 0.375. The molecule has 0 radical (unpaired) electrons. The monoisotopic (exact) mass is 410 g/mol. The quantitative estimate of drug-likeness (QED) is 0.483. The summed E-state index contributed by atoms with van der Waals surface area (Å²) in [6.45, 7) is 6.91. The number of aliphatic hydroxyl groups excluding tert-OH is 1. The van der Waals surface area contributed by atoms with E-state index in [0.717, 1.165) is 36.5 Å². The third kappa shape index (κ3) is 6.05. The molecular weight excluding hydrogens is 380 g/mol. The van der Waals surface area contributed by atoms with Gasteiger partial charge in [-0.3, -0.25) is 0 Å². The highest BCUT2D eigenvalue weighted by Gasteiger charge is 2.18. The maximum absolute atomic E-state index is 9.74. The number of rotatable bonds is 9. The number of hydrogen-bond acceptors (Lipinski definition) is 5. The number of nitrogens with two attached hydrogens (primary N) is 1. The van der Waals surface area contributed by atoms with E-state index in [0.29, 0.717) is 11.0 Å². The van der Waals surface area contributed by atoms with Crippen LogP contribution in [0.4, 0.5) is 5.13 Å². The minimum atomic E-state index is -0.457. The summed E-state index contributed by atoms with van der Waals surface area (Å²) >= 11 is 1.47. The topological polar surface area (TPSA) is 68.4 Å². The normalized spacial score (nSPS) is 13.4. The van der Waals surface area contributed by atoms with Crippen LogP contribution in [0, 0.1) is 5.92 Å². The first-order valence-electron chi connectivity index (χ1n) is 10.1. The van der Waals surface area contributed by atoms with Gasteiger partial charge in [-0.2, -0.15) is 0 Å². The van der Waals surface area contributed by atoms with Gasteiger partial charge in [0.05, 0.1) is 18.4 Å². The number of ether oxygens (including phenoxy) is 1. The molecule has 4 nitrogen and oxygen atoms in total. The second-order valence-corrected chi connectivity index (χ2v) is 8.77. The smallest absolute Gasteiger partial charge is 0.180 e. The standard InChI is InChI=1S/C24H30N2O2S/c1-16(2)12-13-28-21-10-8-20(9-11-21)22(23-15-29-24(25)26-23)14-18-4-6-19(7-5-18)17(3)27/h4-11,15-17,22,27H,12-14H2,1-3H3,(H2,25,26). The van der Waals surface area contributed by atoms with Crippen molar-refractivity contribution in [2.24, 2.45) is 5.92 Å². The maximum atomic E-state index is 9.74. The molecule has 0 aliphatic rings. The average Bonchev–Trinajstić information content (AvgIpc) is 3.13. The van der Waals surface area contributed by atoms with Crippen molar-refractivity contribution < 1.29 is 9.84 Å². The lowest BCUT2D eigenvalue weighted by Crippen LogP contribution is -2.07. The van der Waals surface area contributed by atoms with Crippen molar-refractivity contribution in [2.75, 3.05) is 12.3 Å². The molecule has 0 aliphatic heterocycles. The van der Waals surface area contributed by atoms with Gasteiger partial charge < -0.3 is 15.6 Å². The first-order valence-corrected chi connectivity index (χ1v) is 11.0. The lowest BCUT2D eigenvalue weighted by atomic mass is 9.89. The highest BCUT2D eigenvalue weighted by atomic mass is 32.1. The highest BCUT2D eigenvalue weighted by molar-refractivity contribution is 7.13. The number of aromatic nitrogens is 1. The van der Waals surface area contributed by atoms with Crippen molar-refractivity contribution >= 4 is 16.5 Å². The summed E-state index contributed by atoms with van der Waals surface area (Å²) in [6.07, 6.45) is 1.41. The summed E-state index contributed by atoms with van der Waals surface area (Å²) in [5.41, 5.74) is 10.2. The summed E-state index contributed by atoms with van der Waals surface area (Å²) in [4.78, 5) is 4.55. The van der Waals surface area contributed by atoms with E-state index in [-0.39, 0.29) is 5.92 Å². The second-order valence-electron chi connectivity index (χ2n) is 7.88. The minimum Gasteiger partial charge on any atom is -0.494 e. The fourth-order valence-corrected chi connectivity index (χ4v) is 3.85. The molecule has 2 unspecified atom stereocenters. The third-order valence-corrected chi connectivity index (χ3v) is 5.74. The van der Waals surface area contributed by atoms with Gasteiger partial charge in [0.25, 0.3) is 0 Å². The molecule has 3 N–H and O–H groups in total. The Labute approximate surface area is 177 Å². The molecule has 5 heteroatoms. The summed E-state index contributed by atoms with van der Waals surface area (Å²) < 4.78 is 5.86. The first kappa shape index (κ1) is 21.3. The number of nitrogens with zero attached hydrogens (tertiary/aromatic N) is 1. The minimum absolute atomic E-state index is 0.116. The Hall–Kier alpha value is -2.37. The van der Waals surface area contributed by atoms with Crippen molar-refractivity contribution in [3.05, 3.63) is 76.3 Å². The molecule has 0 bridgehead atoms.